The average molecular weight is 250 g/mol. The number of nitrogens with zero attached hydrogens (tertiary/aromatic N) is 2. The van der Waals surface area contributed by atoms with E-state index in [1.807, 2.05) is 0 Å². The Bertz CT molecular complexity index is 379. The van der Waals surface area contributed by atoms with Crippen molar-refractivity contribution in [2.45, 2.75) is 18.5 Å². The minimum atomic E-state index is -5.86. The summed E-state index contributed by atoms with van der Waals surface area (Å²) in [6.07, 6.45) is -9.03. The van der Waals surface area contributed by atoms with Gasteiger partial charge in [0.1, 0.15) is 11.4 Å². The molecule has 0 saturated heterocycles. The monoisotopic (exact) mass is 250 g/mol. The maximum Gasteiger partial charge on any atom is 0.459 e. The van der Waals surface area contributed by atoms with E-state index in [1.165, 1.54) is 0 Å². The number of rotatable bonds is 2. The molecule has 0 atom stereocenters. The molecule has 0 aliphatic carbocycles. The van der Waals surface area contributed by atoms with E-state index in [0.717, 1.165) is 7.05 Å². The van der Waals surface area contributed by atoms with Gasteiger partial charge in [-0.2, -0.15) is 27.1 Å². The van der Waals surface area contributed by atoms with E-state index in [0.29, 0.717) is 4.68 Å². The topological polar surface area (TPSA) is 17.8 Å². The molecule has 0 saturated carbocycles. The van der Waals surface area contributed by atoms with Gasteiger partial charge in [-0.3, -0.25) is 4.68 Å². The van der Waals surface area contributed by atoms with Crippen molar-refractivity contribution >= 4 is 0 Å². The lowest BCUT2D eigenvalue weighted by Crippen LogP contribution is -2.34. The maximum absolute atomic E-state index is 12.7. The van der Waals surface area contributed by atoms with Crippen molar-refractivity contribution in [2.24, 2.45) is 7.05 Å². The fraction of sp³-hybridized carbons (Fsp3) is 0.571. The number of hydrogen-bond acceptors (Lipinski definition) is 1. The van der Waals surface area contributed by atoms with E-state index in [2.05, 4.69) is 5.10 Å². The first-order chi connectivity index (χ1) is 7.07. The molecule has 0 aliphatic heterocycles. The average Bonchev–Trinajstić information content (AvgIpc) is 2.45. The van der Waals surface area contributed by atoms with E-state index >= 15 is 0 Å². The molecule has 0 fully saturated rings. The Morgan fingerprint density at radius 1 is 1.19 bits per heavy atom. The van der Waals surface area contributed by atoms with Crippen molar-refractivity contribution < 1.29 is 30.7 Å². The quantitative estimate of drug-likeness (QED) is 0.738. The third-order valence-electron chi connectivity index (χ3n) is 1.82. The second-order valence-electron chi connectivity index (χ2n) is 2.95. The van der Waals surface area contributed by atoms with Gasteiger partial charge in [0.15, 0.2) is 0 Å². The van der Waals surface area contributed by atoms with Crippen LogP contribution in [0.4, 0.5) is 30.7 Å². The normalized spacial score (nSPS) is 13.6. The largest absolute Gasteiger partial charge is 0.459 e. The summed E-state index contributed by atoms with van der Waals surface area (Å²) in [5.74, 6) is -5.24. The molecular weight excluding hydrogens is 245 g/mol. The number of halogens is 7. The van der Waals surface area contributed by atoms with Crippen LogP contribution in [0, 0.1) is 0 Å². The summed E-state index contributed by atoms with van der Waals surface area (Å²) in [6.45, 7) is 0. The van der Waals surface area contributed by atoms with Crippen LogP contribution in [0.5, 0.6) is 0 Å². The van der Waals surface area contributed by atoms with Crippen molar-refractivity contribution in [2.75, 3.05) is 0 Å². The Morgan fingerprint density at radius 2 is 1.69 bits per heavy atom. The first-order valence-electron chi connectivity index (χ1n) is 3.84. The van der Waals surface area contributed by atoms with Crippen LogP contribution in [0.3, 0.4) is 0 Å². The Kier molecular flexibility index (Phi) is 2.90. The molecule has 0 aliphatic rings. The van der Waals surface area contributed by atoms with Gasteiger partial charge in [0.05, 0.1) is 0 Å². The highest BCUT2D eigenvalue weighted by molar-refractivity contribution is 5.17. The van der Waals surface area contributed by atoms with E-state index in [4.69, 9.17) is 0 Å². The molecule has 1 aromatic heterocycles. The molecular formula is C7H5F7N2. The van der Waals surface area contributed by atoms with Gasteiger partial charge in [-0.1, -0.05) is 0 Å². The van der Waals surface area contributed by atoms with Crippen LogP contribution in [0.2, 0.25) is 0 Å². The summed E-state index contributed by atoms with van der Waals surface area (Å²) >= 11 is 0. The lowest BCUT2D eigenvalue weighted by Gasteiger charge is -2.16. The van der Waals surface area contributed by atoms with Crippen LogP contribution in [0.1, 0.15) is 17.8 Å². The molecule has 1 heterocycles. The van der Waals surface area contributed by atoms with Crippen molar-refractivity contribution in [3.05, 3.63) is 17.5 Å². The van der Waals surface area contributed by atoms with Crippen molar-refractivity contribution in [1.82, 2.24) is 9.78 Å². The Morgan fingerprint density at radius 3 is 2.00 bits per heavy atom. The van der Waals surface area contributed by atoms with Gasteiger partial charge in [0.2, 0.25) is 0 Å². The van der Waals surface area contributed by atoms with Gasteiger partial charge in [-0.25, -0.2) is 8.78 Å². The Labute approximate surface area is 84.7 Å². The summed E-state index contributed by atoms with van der Waals surface area (Å²) in [4.78, 5) is 0. The van der Waals surface area contributed by atoms with E-state index < -0.39 is 29.9 Å². The Balaban J connectivity index is 3.20. The zero-order chi connectivity index (χ0) is 12.7. The summed E-state index contributed by atoms with van der Waals surface area (Å²) in [6, 6.07) is 0.0398. The predicted octanol–water partition coefficient (Wildman–Crippen LogP) is 3.01. The SMILES string of the molecule is Cn1nc(C(F)(F)C(F)(F)F)cc1C(F)F. The van der Waals surface area contributed by atoms with Gasteiger partial charge < -0.3 is 0 Å². The molecule has 16 heavy (non-hydrogen) atoms. The molecule has 0 bridgehead atoms. The first kappa shape index (κ1) is 12.8. The molecule has 0 N–H and O–H groups in total. The standard InChI is InChI=1S/C7H5F7N2/c1-16-3(5(8)9)2-4(15-16)6(10,11)7(12,13)14/h2,5H,1H3. The van der Waals surface area contributed by atoms with Gasteiger partial charge in [0, 0.05) is 7.05 Å². The predicted molar refractivity (Wildman–Crippen MR) is 38.1 cm³/mol. The van der Waals surface area contributed by atoms with Crippen molar-refractivity contribution in [1.29, 1.82) is 0 Å². The highest BCUT2D eigenvalue weighted by atomic mass is 19.4. The van der Waals surface area contributed by atoms with Crippen LogP contribution in [0.15, 0.2) is 6.07 Å². The number of alkyl halides is 7. The number of aromatic nitrogens is 2. The molecule has 1 rings (SSSR count). The van der Waals surface area contributed by atoms with E-state index in [9.17, 15) is 30.7 Å². The summed E-state index contributed by atoms with van der Waals surface area (Å²) in [7, 11) is 0.859. The van der Waals surface area contributed by atoms with Crippen LogP contribution < -0.4 is 0 Å². The summed E-state index contributed by atoms with van der Waals surface area (Å²) < 4.78 is 85.5. The zero-order valence-electron chi connectivity index (χ0n) is 7.69. The Hall–Kier alpha value is -1.28. The van der Waals surface area contributed by atoms with Gasteiger partial charge >= 0.3 is 12.1 Å². The van der Waals surface area contributed by atoms with E-state index in [-0.39, 0.29) is 6.07 Å². The summed E-state index contributed by atoms with van der Waals surface area (Å²) in [5, 5.41) is 2.74. The van der Waals surface area contributed by atoms with Gasteiger partial charge in [0.25, 0.3) is 6.43 Å². The highest BCUT2D eigenvalue weighted by Crippen LogP contribution is 2.43. The minimum Gasteiger partial charge on any atom is -0.266 e. The second-order valence-corrected chi connectivity index (χ2v) is 2.95. The molecule has 0 aromatic carbocycles. The maximum atomic E-state index is 12.7. The molecule has 0 spiro atoms. The van der Waals surface area contributed by atoms with E-state index in [1.54, 1.807) is 0 Å². The fourth-order valence-corrected chi connectivity index (χ4v) is 0.985. The van der Waals surface area contributed by atoms with Crippen molar-refractivity contribution in [3.63, 3.8) is 0 Å². The molecule has 0 radical (unpaired) electrons. The first-order valence-corrected chi connectivity index (χ1v) is 3.84. The van der Waals surface area contributed by atoms with Gasteiger partial charge in [-0.15, -0.1) is 0 Å². The van der Waals surface area contributed by atoms with Crippen LogP contribution >= 0.6 is 0 Å². The number of aryl methyl sites for hydroxylation is 1. The third-order valence-corrected chi connectivity index (χ3v) is 1.82. The van der Waals surface area contributed by atoms with Crippen LogP contribution in [0.25, 0.3) is 0 Å². The van der Waals surface area contributed by atoms with Crippen LogP contribution in [-0.4, -0.2) is 16.0 Å². The highest BCUT2D eigenvalue weighted by Gasteiger charge is 2.60. The lowest BCUT2D eigenvalue weighted by molar-refractivity contribution is -0.291. The molecule has 2 nitrogen and oxygen atoms in total. The fourth-order valence-electron chi connectivity index (χ4n) is 0.985. The molecule has 9 heteroatoms. The molecule has 0 amide bonds. The lowest BCUT2D eigenvalue weighted by atomic mass is 10.2. The van der Waals surface area contributed by atoms with Crippen LogP contribution in [-0.2, 0) is 13.0 Å². The van der Waals surface area contributed by atoms with Crippen molar-refractivity contribution in [3.8, 4) is 0 Å². The smallest absolute Gasteiger partial charge is 0.266 e. The zero-order valence-corrected chi connectivity index (χ0v) is 7.69. The summed E-state index contributed by atoms with van der Waals surface area (Å²) in [5.41, 5.74) is -2.74. The molecule has 0 unspecified atom stereocenters. The third kappa shape index (κ3) is 1.98. The minimum absolute atomic E-state index is 0.0398. The molecule has 92 valence electrons. The van der Waals surface area contributed by atoms with Gasteiger partial charge in [-0.05, 0) is 6.07 Å². The number of hydrogen-bond donors (Lipinski definition) is 0. The second kappa shape index (κ2) is 3.63. The molecule has 1 aromatic rings.